The molecule has 0 atom stereocenters. The lowest BCUT2D eigenvalue weighted by Gasteiger charge is -2.20. The summed E-state index contributed by atoms with van der Waals surface area (Å²) in [5.41, 5.74) is 1.37. The van der Waals surface area contributed by atoms with Crippen molar-refractivity contribution >= 4 is 5.91 Å². The summed E-state index contributed by atoms with van der Waals surface area (Å²) >= 11 is 0. The Balaban J connectivity index is 2.64. The van der Waals surface area contributed by atoms with E-state index >= 15 is 0 Å². The molecule has 1 rings (SSSR count). The third-order valence-corrected chi connectivity index (χ3v) is 2.05. The van der Waals surface area contributed by atoms with Crippen molar-refractivity contribution in [1.29, 1.82) is 0 Å². The molecule has 0 unspecified atom stereocenters. The summed E-state index contributed by atoms with van der Waals surface area (Å²) in [6.07, 6.45) is 0. The highest BCUT2D eigenvalue weighted by atomic mass is 17.2. The van der Waals surface area contributed by atoms with Gasteiger partial charge in [-0.05, 0) is 38.5 Å². The molecule has 0 aliphatic carbocycles. The van der Waals surface area contributed by atoms with Crippen LogP contribution in [0.15, 0.2) is 24.3 Å². The third-order valence-electron chi connectivity index (χ3n) is 2.05. The van der Waals surface area contributed by atoms with Crippen LogP contribution in [0, 0.1) is 0 Å². The predicted octanol–water partition coefficient (Wildman–Crippen LogP) is 2.29. The first-order valence-corrected chi connectivity index (χ1v) is 5.49. The summed E-state index contributed by atoms with van der Waals surface area (Å²) in [4.78, 5) is 21.1. The topological polar surface area (TPSA) is 47.6 Å². The van der Waals surface area contributed by atoms with Gasteiger partial charge in [0, 0.05) is 11.1 Å². The zero-order chi connectivity index (χ0) is 12.9. The Bertz CT molecular complexity index is 365. The molecule has 0 aliphatic heterocycles. The molecular weight excluding hydrogens is 218 g/mol. The molecule has 94 valence electrons. The Kier molecular flexibility index (Phi) is 4.66. The fourth-order valence-corrected chi connectivity index (χ4v) is 1.29. The van der Waals surface area contributed by atoms with Gasteiger partial charge in [0.05, 0.1) is 7.11 Å². The Hall–Kier alpha value is -1.39. The maximum atomic E-state index is 11.8. The summed E-state index contributed by atoms with van der Waals surface area (Å²) < 4.78 is 0. The van der Waals surface area contributed by atoms with E-state index in [1.807, 2.05) is 32.9 Å². The van der Waals surface area contributed by atoms with Crippen LogP contribution in [0.3, 0.4) is 0 Å². The molecule has 1 aromatic rings. The molecule has 1 amide bonds. The number of rotatable bonds is 4. The van der Waals surface area contributed by atoms with E-state index in [2.05, 4.69) is 10.2 Å². The molecule has 1 aromatic carbocycles. The van der Waals surface area contributed by atoms with Crippen molar-refractivity contribution < 1.29 is 14.6 Å². The number of carbonyl (C=O) groups excluding carboxylic acids is 1. The van der Waals surface area contributed by atoms with Crippen molar-refractivity contribution in [1.82, 2.24) is 5.32 Å². The van der Waals surface area contributed by atoms with Gasteiger partial charge in [0.25, 0.3) is 5.91 Å². The zero-order valence-electron chi connectivity index (χ0n) is 10.7. The lowest BCUT2D eigenvalue weighted by atomic mass is 10.1. The summed E-state index contributed by atoms with van der Waals surface area (Å²) in [6, 6.07) is 7.23. The predicted molar refractivity (Wildman–Crippen MR) is 65.5 cm³/mol. The Morgan fingerprint density at radius 2 is 1.82 bits per heavy atom. The molecule has 4 heteroatoms. The van der Waals surface area contributed by atoms with Crippen molar-refractivity contribution in [3.63, 3.8) is 0 Å². The van der Waals surface area contributed by atoms with Gasteiger partial charge < -0.3 is 5.32 Å². The monoisotopic (exact) mass is 237 g/mol. The molecule has 17 heavy (non-hydrogen) atoms. The van der Waals surface area contributed by atoms with Gasteiger partial charge in [-0.2, -0.15) is 0 Å². The molecule has 0 saturated carbocycles. The zero-order valence-corrected chi connectivity index (χ0v) is 10.7. The van der Waals surface area contributed by atoms with Gasteiger partial charge in [0.1, 0.15) is 6.61 Å². The SMILES string of the molecule is COOCc1ccc(C(=O)NC(C)(C)C)cc1. The molecule has 0 spiro atoms. The molecule has 1 N–H and O–H groups in total. The van der Waals surface area contributed by atoms with Crippen molar-refractivity contribution in [2.24, 2.45) is 0 Å². The van der Waals surface area contributed by atoms with Crippen LogP contribution < -0.4 is 5.32 Å². The van der Waals surface area contributed by atoms with E-state index in [1.165, 1.54) is 7.11 Å². The van der Waals surface area contributed by atoms with E-state index in [0.717, 1.165) is 5.56 Å². The molecule has 0 fully saturated rings. The van der Waals surface area contributed by atoms with Crippen LogP contribution in [0.5, 0.6) is 0 Å². The van der Waals surface area contributed by atoms with Gasteiger partial charge in [0.15, 0.2) is 0 Å². The smallest absolute Gasteiger partial charge is 0.251 e. The van der Waals surface area contributed by atoms with Gasteiger partial charge in [-0.1, -0.05) is 12.1 Å². The van der Waals surface area contributed by atoms with Gasteiger partial charge in [-0.25, -0.2) is 9.78 Å². The number of benzene rings is 1. The summed E-state index contributed by atoms with van der Waals surface area (Å²) in [7, 11) is 1.46. The van der Waals surface area contributed by atoms with Crippen LogP contribution in [0.1, 0.15) is 36.7 Å². The van der Waals surface area contributed by atoms with Gasteiger partial charge >= 0.3 is 0 Å². The van der Waals surface area contributed by atoms with Crippen molar-refractivity contribution in [2.75, 3.05) is 7.11 Å². The minimum absolute atomic E-state index is 0.0725. The first-order valence-electron chi connectivity index (χ1n) is 5.49. The van der Waals surface area contributed by atoms with Crippen LogP contribution in [-0.2, 0) is 16.4 Å². The second-order valence-corrected chi connectivity index (χ2v) is 4.83. The van der Waals surface area contributed by atoms with E-state index in [1.54, 1.807) is 12.1 Å². The minimum atomic E-state index is -0.227. The number of amides is 1. The highest BCUT2D eigenvalue weighted by molar-refractivity contribution is 5.94. The standard InChI is InChI=1S/C13H19NO3/c1-13(2,3)14-12(15)11-7-5-10(6-8-11)9-17-16-4/h5-8H,9H2,1-4H3,(H,14,15). The number of hydrogen-bond acceptors (Lipinski definition) is 3. The Labute approximate surface area is 102 Å². The first kappa shape index (κ1) is 13.7. The van der Waals surface area contributed by atoms with E-state index < -0.39 is 0 Å². The number of nitrogens with one attached hydrogen (secondary N) is 1. The summed E-state index contributed by atoms with van der Waals surface area (Å²) in [5, 5.41) is 2.90. The highest BCUT2D eigenvalue weighted by Gasteiger charge is 2.14. The van der Waals surface area contributed by atoms with Crippen molar-refractivity contribution in [3.05, 3.63) is 35.4 Å². The average molecular weight is 237 g/mol. The average Bonchev–Trinajstić information content (AvgIpc) is 2.24. The van der Waals surface area contributed by atoms with Crippen LogP contribution in [0.4, 0.5) is 0 Å². The molecule has 0 bridgehead atoms. The second kappa shape index (κ2) is 5.80. The maximum absolute atomic E-state index is 11.8. The molecule has 0 heterocycles. The fourth-order valence-electron chi connectivity index (χ4n) is 1.29. The van der Waals surface area contributed by atoms with Crippen LogP contribution in [-0.4, -0.2) is 18.6 Å². The molecule has 4 nitrogen and oxygen atoms in total. The number of carbonyl (C=O) groups is 1. The van der Waals surface area contributed by atoms with Crippen molar-refractivity contribution in [2.45, 2.75) is 32.9 Å². The second-order valence-electron chi connectivity index (χ2n) is 4.83. The van der Waals surface area contributed by atoms with Crippen LogP contribution in [0.25, 0.3) is 0 Å². The molecule has 0 radical (unpaired) electrons. The van der Waals surface area contributed by atoms with Gasteiger partial charge in [0.2, 0.25) is 0 Å². The molecule has 0 saturated heterocycles. The molecule has 0 aliphatic rings. The molecular formula is C13H19NO3. The fraction of sp³-hybridized carbons (Fsp3) is 0.462. The highest BCUT2D eigenvalue weighted by Crippen LogP contribution is 2.08. The van der Waals surface area contributed by atoms with Gasteiger partial charge in [-0.3, -0.25) is 4.79 Å². The maximum Gasteiger partial charge on any atom is 0.251 e. The van der Waals surface area contributed by atoms with Gasteiger partial charge in [-0.15, -0.1) is 0 Å². The first-order chi connectivity index (χ1) is 7.92. The van der Waals surface area contributed by atoms with E-state index in [4.69, 9.17) is 4.89 Å². The van der Waals surface area contributed by atoms with E-state index in [9.17, 15) is 4.79 Å². The normalized spacial score (nSPS) is 11.3. The molecule has 0 aromatic heterocycles. The minimum Gasteiger partial charge on any atom is -0.347 e. The summed E-state index contributed by atoms with van der Waals surface area (Å²) in [5.74, 6) is -0.0725. The lowest BCUT2D eigenvalue weighted by Crippen LogP contribution is -2.40. The lowest BCUT2D eigenvalue weighted by molar-refractivity contribution is -0.282. The van der Waals surface area contributed by atoms with Crippen LogP contribution in [0.2, 0.25) is 0 Å². The Morgan fingerprint density at radius 3 is 2.29 bits per heavy atom. The summed E-state index contributed by atoms with van der Waals surface area (Å²) in [6.45, 7) is 6.22. The van der Waals surface area contributed by atoms with Crippen molar-refractivity contribution in [3.8, 4) is 0 Å². The quantitative estimate of drug-likeness (QED) is 0.645. The van der Waals surface area contributed by atoms with E-state index in [0.29, 0.717) is 12.2 Å². The van der Waals surface area contributed by atoms with Crippen LogP contribution >= 0.6 is 0 Å². The third kappa shape index (κ3) is 4.97. The van der Waals surface area contributed by atoms with E-state index in [-0.39, 0.29) is 11.4 Å². The Morgan fingerprint density at radius 1 is 1.24 bits per heavy atom. The largest absolute Gasteiger partial charge is 0.347 e. The number of hydrogen-bond donors (Lipinski definition) is 1.